The number of aromatic amines is 1. The second kappa shape index (κ2) is 5.73. The van der Waals surface area contributed by atoms with E-state index in [4.69, 9.17) is 0 Å². The van der Waals surface area contributed by atoms with Crippen molar-refractivity contribution in [1.29, 1.82) is 0 Å². The van der Waals surface area contributed by atoms with Crippen LogP contribution in [0.5, 0.6) is 0 Å². The zero-order valence-corrected chi connectivity index (χ0v) is 11.7. The molecule has 4 heteroatoms. The van der Waals surface area contributed by atoms with Gasteiger partial charge in [-0.3, -0.25) is 5.10 Å². The first kappa shape index (κ1) is 13.6. The highest BCUT2D eigenvalue weighted by atomic mass is 32.2. The second-order valence-corrected chi connectivity index (χ2v) is 7.07. The lowest BCUT2D eigenvalue weighted by molar-refractivity contribution is 0.592. The van der Waals surface area contributed by atoms with Gasteiger partial charge in [-0.25, -0.2) is 0 Å². The third-order valence-electron chi connectivity index (χ3n) is 2.34. The maximum Gasteiger partial charge on any atom is 0.0535 e. The van der Waals surface area contributed by atoms with Gasteiger partial charge in [-0.1, -0.05) is 20.8 Å². The van der Waals surface area contributed by atoms with Crippen molar-refractivity contribution in [2.24, 2.45) is 0 Å². The lowest BCUT2D eigenvalue weighted by Gasteiger charge is -2.21. The van der Waals surface area contributed by atoms with Crippen molar-refractivity contribution in [3.05, 3.63) is 17.5 Å². The Morgan fingerprint density at radius 1 is 1.50 bits per heavy atom. The summed E-state index contributed by atoms with van der Waals surface area (Å²) in [6.07, 6.45) is 1.89. The van der Waals surface area contributed by atoms with Crippen LogP contribution < -0.4 is 5.32 Å². The van der Waals surface area contributed by atoms with Crippen LogP contribution in [0.25, 0.3) is 0 Å². The quantitative estimate of drug-likeness (QED) is 0.833. The summed E-state index contributed by atoms with van der Waals surface area (Å²) >= 11 is 2.00. The van der Waals surface area contributed by atoms with E-state index in [0.29, 0.717) is 10.8 Å². The molecule has 2 N–H and O–H groups in total. The van der Waals surface area contributed by atoms with Gasteiger partial charge in [-0.05, 0) is 13.8 Å². The number of thioether (sulfide) groups is 1. The molecule has 0 saturated carbocycles. The Kier molecular flexibility index (Phi) is 4.87. The van der Waals surface area contributed by atoms with E-state index in [1.165, 1.54) is 5.56 Å². The van der Waals surface area contributed by atoms with Gasteiger partial charge in [0, 0.05) is 34.3 Å². The number of aryl methyl sites for hydroxylation is 1. The third-order valence-corrected chi connectivity index (χ3v) is 3.87. The number of aromatic nitrogens is 2. The van der Waals surface area contributed by atoms with Crippen LogP contribution in [0.2, 0.25) is 0 Å². The fraction of sp³-hybridized carbons (Fsp3) is 0.750. The van der Waals surface area contributed by atoms with Crippen LogP contribution in [-0.2, 0) is 6.54 Å². The van der Waals surface area contributed by atoms with Crippen LogP contribution in [0.4, 0.5) is 0 Å². The summed E-state index contributed by atoms with van der Waals surface area (Å²) in [6.45, 7) is 11.9. The molecule has 1 aromatic rings. The Bertz CT molecular complexity index is 314. The zero-order chi connectivity index (χ0) is 12.2. The fourth-order valence-electron chi connectivity index (χ4n) is 1.27. The SMILES string of the molecule is Cc1[nH]ncc1CNC(C)CSC(C)(C)C. The molecule has 0 aliphatic heterocycles. The average molecular weight is 241 g/mol. The van der Waals surface area contributed by atoms with Crippen molar-refractivity contribution in [2.45, 2.75) is 52.0 Å². The van der Waals surface area contributed by atoms with E-state index in [2.05, 4.69) is 50.1 Å². The van der Waals surface area contributed by atoms with E-state index >= 15 is 0 Å². The monoisotopic (exact) mass is 241 g/mol. The minimum absolute atomic E-state index is 0.349. The summed E-state index contributed by atoms with van der Waals surface area (Å²) in [5.74, 6) is 1.14. The molecule has 0 spiro atoms. The largest absolute Gasteiger partial charge is 0.309 e. The molecule has 92 valence electrons. The van der Waals surface area contributed by atoms with E-state index in [1.54, 1.807) is 0 Å². The predicted molar refractivity (Wildman–Crippen MR) is 71.8 cm³/mol. The Balaban J connectivity index is 2.25. The Hall–Kier alpha value is -0.480. The van der Waals surface area contributed by atoms with Gasteiger partial charge in [0.05, 0.1) is 6.20 Å². The smallest absolute Gasteiger partial charge is 0.0535 e. The number of nitrogens with zero attached hydrogens (tertiary/aromatic N) is 1. The normalized spacial score (nSPS) is 14.1. The topological polar surface area (TPSA) is 40.7 Å². The first-order valence-electron chi connectivity index (χ1n) is 5.74. The first-order chi connectivity index (χ1) is 7.38. The van der Waals surface area contributed by atoms with Gasteiger partial charge in [-0.15, -0.1) is 0 Å². The summed E-state index contributed by atoms with van der Waals surface area (Å²) in [5, 5.41) is 10.5. The Morgan fingerprint density at radius 2 is 2.19 bits per heavy atom. The number of rotatable bonds is 5. The summed E-state index contributed by atoms with van der Waals surface area (Å²) < 4.78 is 0.349. The van der Waals surface area contributed by atoms with E-state index < -0.39 is 0 Å². The predicted octanol–water partition coefficient (Wildman–Crippen LogP) is 2.73. The molecule has 0 aromatic carbocycles. The van der Waals surface area contributed by atoms with Gasteiger partial charge in [0.15, 0.2) is 0 Å². The van der Waals surface area contributed by atoms with Crippen LogP contribution in [-0.4, -0.2) is 26.7 Å². The minimum atomic E-state index is 0.349. The van der Waals surface area contributed by atoms with Crippen LogP contribution in [0.3, 0.4) is 0 Å². The molecule has 1 heterocycles. The molecule has 0 aliphatic rings. The Morgan fingerprint density at radius 3 is 2.69 bits per heavy atom. The number of nitrogens with one attached hydrogen (secondary N) is 2. The van der Waals surface area contributed by atoms with Crippen LogP contribution >= 0.6 is 11.8 Å². The summed E-state index contributed by atoms with van der Waals surface area (Å²) in [5.41, 5.74) is 2.41. The fourth-order valence-corrected chi connectivity index (χ4v) is 2.14. The highest BCUT2D eigenvalue weighted by Gasteiger charge is 2.12. The average Bonchev–Trinajstić information content (AvgIpc) is 2.57. The van der Waals surface area contributed by atoms with E-state index in [0.717, 1.165) is 18.0 Å². The van der Waals surface area contributed by atoms with Gasteiger partial charge < -0.3 is 5.32 Å². The maximum absolute atomic E-state index is 4.01. The van der Waals surface area contributed by atoms with Gasteiger partial charge in [0.25, 0.3) is 0 Å². The molecule has 0 aliphatic carbocycles. The van der Waals surface area contributed by atoms with Crippen molar-refractivity contribution in [2.75, 3.05) is 5.75 Å². The number of hydrogen-bond acceptors (Lipinski definition) is 3. The lowest BCUT2D eigenvalue weighted by Crippen LogP contribution is -2.29. The van der Waals surface area contributed by atoms with Gasteiger partial charge in [0.2, 0.25) is 0 Å². The molecule has 0 bridgehead atoms. The highest BCUT2D eigenvalue weighted by Crippen LogP contribution is 2.23. The molecule has 1 unspecified atom stereocenters. The molecule has 1 atom stereocenters. The molecular weight excluding hydrogens is 218 g/mol. The number of H-pyrrole nitrogens is 1. The van der Waals surface area contributed by atoms with E-state index in [9.17, 15) is 0 Å². The Labute approximate surface area is 103 Å². The summed E-state index contributed by atoms with van der Waals surface area (Å²) in [6, 6.07) is 0.526. The lowest BCUT2D eigenvalue weighted by atomic mass is 10.2. The first-order valence-corrected chi connectivity index (χ1v) is 6.73. The molecule has 1 aromatic heterocycles. The summed E-state index contributed by atoms with van der Waals surface area (Å²) in [4.78, 5) is 0. The van der Waals surface area contributed by atoms with Crippen LogP contribution in [0.1, 0.15) is 39.0 Å². The highest BCUT2D eigenvalue weighted by molar-refractivity contribution is 8.00. The van der Waals surface area contributed by atoms with Crippen LogP contribution in [0.15, 0.2) is 6.20 Å². The van der Waals surface area contributed by atoms with Crippen LogP contribution in [0, 0.1) is 6.92 Å². The standard InChI is InChI=1S/C12H23N3S/c1-9(8-16-12(3,4)5)13-6-11-7-14-15-10(11)2/h7,9,13H,6,8H2,1-5H3,(H,14,15). The molecular formula is C12H23N3S. The second-order valence-electron chi connectivity index (χ2n) is 5.23. The molecule has 3 nitrogen and oxygen atoms in total. The van der Waals surface area contributed by atoms with Gasteiger partial charge >= 0.3 is 0 Å². The van der Waals surface area contributed by atoms with E-state index in [-0.39, 0.29) is 0 Å². The van der Waals surface area contributed by atoms with Crippen molar-refractivity contribution >= 4 is 11.8 Å². The number of hydrogen-bond donors (Lipinski definition) is 2. The van der Waals surface area contributed by atoms with Crippen molar-refractivity contribution in [1.82, 2.24) is 15.5 Å². The molecule has 0 amide bonds. The minimum Gasteiger partial charge on any atom is -0.309 e. The van der Waals surface area contributed by atoms with Gasteiger partial charge in [-0.2, -0.15) is 16.9 Å². The zero-order valence-electron chi connectivity index (χ0n) is 10.9. The molecule has 0 radical (unpaired) electrons. The van der Waals surface area contributed by atoms with E-state index in [1.807, 2.05) is 18.0 Å². The maximum atomic E-state index is 4.01. The van der Waals surface area contributed by atoms with Gasteiger partial charge in [0.1, 0.15) is 0 Å². The molecule has 1 rings (SSSR count). The van der Waals surface area contributed by atoms with Crippen molar-refractivity contribution in [3.8, 4) is 0 Å². The molecule has 0 fully saturated rings. The third kappa shape index (κ3) is 5.03. The van der Waals surface area contributed by atoms with Crippen molar-refractivity contribution in [3.63, 3.8) is 0 Å². The van der Waals surface area contributed by atoms with Crippen molar-refractivity contribution < 1.29 is 0 Å². The molecule has 0 saturated heterocycles. The summed E-state index contributed by atoms with van der Waals surface area (Å²) in [7, 11) is 0. The molecule has 16 heavy (non-hydrogen) atoms.